The van der Waals surface area contributed by atoms with Crippen LogP contribution in [0.5, 0.6) is 0 Å². The molecule has 0 radical (unpaired) electrons. The van der Waals surface area contributed by atoms with Gasteiger partial charge in [-0.1, -0.05) is 18.2 Å². The molecule has 0 saturated heterocycles. The van der Waals surface area contributed by atoms with Crippen molar-refractivity contribution < 1.29 is 9.85 Å². The molecule has 7 nitrogen and oxygen atoms in total. The Kier molecular flexibility index (Phi) is 4.80. The van der Waals surface area contributed by atoms with E-state index in [1.54, 1.807) is 24.3 Å². The summed E-state index contributed by atoms with van der Waals surface area (Å²) < 4.78 is 0. The lowest BCUT2D eigenvalue weighted by molar-refractivity contribution is -0.385. The van der Waals surface area contributed by atoms with Crippen LogP contribution in [0.2, 0.25) is 0 Å². The van der Waals surface area contributed by atoms with Crippen LogP contribution in [-0.2, 0) is 0 Å². The van der Waals surface area contributed by atoms with Gasteiger partial charge in [-0.3, -0.25) is 20.2 Å². The standard InChI is InChI=1S/C19H13N3O4/c23-21(24)17-10-6-14(7-11-17)19(20-16-4-2-1-3-5-16)15-8-12-18(13-9-15)22(25)26/h1-13H. The van der Waals surface area contributed by atoms with Crippen LogP contribution in [-0.4, -0.2) is 15.6 Å². The van der Waals surface area contributed by atoms with Crippen LogP contribution < -0.4 is 0 Å². The molecule has 0 aliphatic carbocycles. The molecule has 0 heterocycles. The average Bonchev–Trinajstić information content (AvgIpc) is 2.67. The number of nitrogens with zero attached hydrogens (tertiary/aromatic N) is 3. The summed E-state index contributed by atoms with van der Waals surface area (Å²) in [6, 6.07) is 21.3. The van der Waals surface area contributed by atoms with Crippen molar-refractivity contribution >= 4 is 22.8 Å². The predicted molar refractivity (Wildman–Crippen MR) is 97.9 cm³/mol. The molecule has 0 spiro atoms. The van der Waals surface area contributed by atoms with Gasteiger partial charge in [0.25, 0.3) is 11.4 Å². The SMILES string of the molecule is O=[N+]([O-])c1ccc(C(=Nc2ccccc2)c2ccc([N+](=O)[O-])cc2)cc1. The molecule has 26 heavy (non-hydrogen) atoms. The fourth-order valence-electron chi connectivity index (χ4n) is 2.41. The summed E-state index contributed by atoms with van der Waals surface area (Å²) in [5, 5.41) is 21.7. The zero-order valence-corrected chi connectivity index (χ0v) is 13.5. The van der Waals surface area contributed by atoms with E-state index in [1.807, 2.05) is 30.3 Å². The molecular weight excluding hydrogens is 334 g/mol. The highest BCUT2D eigenvalue weighted by Crippen LogP contribution is 2.22. The van der Waals surface area contributed by atoms with Gasteiger partial charge in [-0.2, -0.15) is 0 Å². The molecule has 3 aromatic carbocycles. The van der Waals surface area contributed by atoms with E-state index in [1.165, 1.54) is 24.3 Å². The smallest absolute Gasteiger partial charge is 0.258 e. The molecule has 3 aromatic rings. The summed E-state index contributed by atoms with van der Waals surface area (Å²) in [5.41, 5.74) is 2.59. The van der Waals surface area contributed by atoms with E-state index in [0.29, 0.717) is 22.5 Å². The maximum absolute atomic E-state index is 10.9. The molecular formula is C19H13N3O4. The minimum absolute atomic E-state index is 0.0171. The third-order valence-corrected chi connectivity index (χ3v) is 3.70. The van der Waals surface area contributed by atoms with Gasteiger partial charge in [0.2, 0.25) is 0 Å². The minimum atomic E-state index is -0.469. The quantitative estimate of drug-likeness (QED) is 0.380. The molecule has 0 aromatic heterocycles. The van der Waals surface area contributed by atoms with E-state index in [9.17, 15) is 20.2 Å². The number of para-hydroxylation sites is 1. The molecule has 0 amide bonds. The number of hydrogen-bond acceptors (Lipinski definition) is 5. The normalized spacial score (nSPS) is 10.2. The van der Waals surface area contributed by atoms with Gasteiger partial charge in [0, 0.05) is 35.4 Å². The van der Waals surface area contributed by atoms with Crippen LogP contribution in [0.4, 0.5) is 17.1 Å². The van der Waals surface area contributed by atoms with E-state index < -0.39 is 9.85 Å². The van der Waals surface area contributed by atoms with Crippen LogP contribution in [0.1, 0.15) is 11.1 Å². The highest BCUT2D eigenvalue weighted by atomic mass is 16.6. The van der Waals surface area contributed by atoms with Crippen molar-refractivity contribution in [3.8, 4) is 0 Å². The first-order valence-corrected chi connectivity index (χ1v) is 7.68. The molecule has 0 saturated carbocycles. The van der Waals surface area contributed by atoms with E-state index >= 15 is 0 Å². The van der Waals surface area contributed by atoms with Crippen molar-refractivity contribution in [2.75, 3.05) is 0 Å². The summed E-state index contributed by atoms with van der Waals surface area (Å²) in [5.74, 6) is 0. The third kappa shape index (κ3) is 3.78. The lowest BCUT2D eigenvalue weighted by atomic mass is 10.0. The number of benzene rings is 3. The van der Waals surface area contributed by atoms with Crippen molar-refractivity contribution in [3.05, 3.63) is 110 Å². The highest BCUT2D eigenvalue weighted by Gasteiger charge is 2.12. The van der Waals surface area contributed by atoms with Crippen molar-refractivity contribution in [1.29, 1.82) is 0 Å². The molecule has 7 heteroatoms. The Balaban J connectivity index is 2.08. The van der Waals surface area contributed by atoms with E-state index in [2.05, 4.69) is 4.99 Å². The monoisotopic (exact) mass is 347 g/mol. The first-order chi connectivity index (χ1) is 12.5. The molecule has 0 atom stereocenters. The maximum Gasteiger partial charge on any atom is 0.269 e. The van der Waals surface area contributed by atoms with Crippen LogP contribution in [0.3, 0.4) is 0 Å². The highest BCUT2D eigenvalue weighted by molar-refractivity contribution is 6.14. The fraction of sp³-hybridized carbons (Fsp3) is 0. The Morgan fingerprint density at radius 3 is 1.46 bits per heavy atom. The first-order valence-electron chi connectivity index (χ1n) is 7.68. The van der Waals surface area contributed by atoms with Crippen molar-refractivity contribution in [2.45, 2.75) is 0 Å². The van der Waals surface area contributed by atoms with E-state index in [-0.39, 0.29) is 11.4 Å². The number of rotatable bonds is 5. The number of nitro groups is 2. The molecule has 3 rings (SSSR count). The minimum Gasteiger partial charge on any atom is -0.258 e. The van der Waals surface area contributed by atoms with Crippen molar-refractivity contribution in [3.63, 3.8) is 0 Å². The Morgan fingerprint density at radius 1 is 0.654 bits per heavy atom. The molecule has 0 unspecified atom stereocenters. The van der Waals surface area contributed by atoms with Gasteiger partial charge >= 0.3 is 0 Å². The maximum atomic E-state index is 10.9. The summed E-state index contributed by atoms with van der Waals surface area (Å²) in [6.45, 7) is 0. The number of non-ortho nitro benzene ring substituents is 2. The van der Waals surface area contributed by atoms with Crippen LogP contribution in [0.15, 0.2) is 83.9 Å². The zero-order chi connectivity index (χ0) is 18.5. The topological polar surface area (TPSA) is 98.6 Å². The molecule has 0 aliphatic rings. The van der Waals surface area contributed by atoms with Gasteiger partial charge < -0.3 is 0 Å². The molecule has 128 valence electrons. The van der Waals surface area contributed by atoms with Crippen LogP contribution in [0, 0.1) is 20.2 Å². The van der Waals surface area contributed by atoms with Gasteiger partial charge in [0.05, 0.1) is 21.2 Å². The van der Waals surface area contributed by atoms with E-state index in [0.717, 1.165) is 0 Å². The van der Waals surface area contributed by atoms with Gasteiger partial charge in [0.15, 0.2) is 0 Å². The number of nitro benzene ring substituents is 2. The second kappa shape index (κ2) is 7.35. The number of hydrogen-bond donors (Lipinski definition) is 0. The summed E-state index contributed by atoms with van der Waals surface area (Å²) in [7, 11) is 0. The van der Waals surface area contributed by atoms with Crippen LogP contribution in [0.25, 0.3) is 0 Å². The van der Waals surface area contributed by atoms with Gasteiger partial charge in [-0.15, -0.1) is 0 Å². The van der Waals surface area contributed by atoms with Crippen molar-refractivity contribution in [2.24, 2.45) is 4.99 Å². The zero-order valence-electron chi connectivity index (χ0n) is 13.5. The molecule has 0 aliphatic heterocycles. The molecule has 0 bridgehead atoms. The third-order valence-electron chi connectivity index (χ3n) is 3.70. The summed E-state index contributed by atoms with van der Waals surface area (Å²) in [6.07, 6.45) is 0. The lowest BCUT2D eigenvalue weighted by Crippen LogP contribution is -2.03. The fourth-order valence-corrected chi connectivity index (χ4v) is 2.41. The largest absolute Gasteiger partial charge is 0.269 e. The Bertz CT molecular complexity index is 906. The van der Waals surface area contributed by atoms with E-state index in [4.69, 9.17) is 0 Å². The lowest BCUT2D eigenvalue weighted by Gasteiger charge is -2.08. The van der Waals surface area contributed by atoms with Gasteiger partial charge in [-0.25, -0.2) is 4.99 Å². The van der Waals surface area contributed by atoms with Crippen LogP contribution >= 0.6 is 0 Å². The molecule has 0 N–H and O–H groups in total. The Labute approximate surface area is 148 Å². The molecule has 0 fully saturated rings. The van der Waals surface area contributed by atoms with Gasteiger partial charge in [-0.05, 0) is 36.4 Å². The second-order valence-electron chi connectivity index (χ2n) is 5.40. The Hall–Kier alpha value is -3.87. The second-order valence-corrected chi connectivity index (χ2v) is 5.40. The summed E-state index contributed by atoms with van der Waals surface area (Å²) >= 11 is 0. The summed E-state index contributed by atoms with van der Waals surface area (Å²) in [4.78, 5) is 25.4. The van der Waals surface area contributed by atoms with Crippen molar-refractivity contribution in [1.82, 2.24) is 0 Å². The average molecular weight is 347 g/mol. The first kappa shape index (κ1) is 17.0. The predicted octanol–water partition coefficient (Wildman–Crippen LogP) is 4.67. The Morgan fingerprint density at radius 2 is 1.08 bits per heavy atom. The number of aliphatic imine (C=N–C) groups is 1. The van der Waals surface area contributed by atoms with Gasteiger partial charge in [0.1, 0.15) is 0 Å².